The fraction of sp³-hybridized carbons (Fsp3) is 0.647. The lowest BCUT2D eigenvalue weighted by atomic mass is 9.87. The second-order valence-electron chi connectivity index (χ2n) is 6.90. The molecular weight excluding hydrogens is 248 g/mol. The molecule has 0 amide bonds. The van der Waals surface area contributed by atoms with Crippen LogP contribution in [0.1, 0.15) is 39.2 Å². The van der Waals surface area contributed by atoms with Crippen LogP contribution >= 0.6 is 0 Å². The minimum Gasteiger partial charge on any atom is -0.497 e. The summed E-state index contributed by atoms with van der Waals surface area (Å²) in [7, 11) is 3.84. The fourth-order valence-electron chi connectivity index (χ4n) is 2.40. The summed E-state index contributed by atoms with van der Waals surface area (Å²) < 4.78 is 5.17. The summed E-state index contributed by atoms with van der Waals surface area (Å²) in [6, 6.07) is 8.53. The highest BCUT2D eigenvalue weighted by molar-refractivity contribution is 5.26. The third-order valence-electron chi connectivity index (χ3n) is 3.37. The van der Waals surface area contributed by atoms with Crippen molar-refractivity contribution in [2.45, 2.75) is 46.2 Å². The first-order valence-corrected chi connectivity index (χ1v) is 7.37. The van der Waals surface area contributed by atoms with Crippen LogP contribution in [-0.2, 0) is 6.54 Å². The maximum atomic E-state index is 6.20. The Kier molecular flexibility index (Phi) is 6.50. The molecule has 0 aliphatic carbocycles. The molecule has 3 heteroatoms. The number of rotatable bonds is 7. The average Bonchev–Trinajstić information content (AvgIpc) is 2.35. The van der Waals surface area contributed by atoms with Gasteiger partial charge in [0.1, 0.15) is 5.75 Å². The molecule has 0 spiro atoms. The minimum atomic E-state index is 0.285. The molecule has 20 heavy (non-hydrogen) atoms. The molecule has 0 aromatic heterocycles. The Bertz CT molecular complexity index is 381. The van der Waals surface area contributed by atoms with Crippen molar-refractivity contribution in [2.24, 2.45) is 11.1 Å². The van der Waals surface area contributed by atoms with Gasteiger partial charge in [-0.15, -0.1) is 0 Å². The molecule has 0 fully saturated rings. The maximum absolute atomic E-state index is 6.20. The average molecular weight is 278 g/mol. The van der Waals surface area contributed by atoms with Gasteiger partial charge in [-0.2, -0.15) is 0 Å². The molecule has 2 N–H and O–H groups in total. The van der Waals surface area contributed by atoms with Crippen LogP contribution in [0.5, 0.6) is 5.75 Å². The lowest BCUT2D eigenvalue weighted by Gasteiger charge is -2.25. The Labute approximate surface area is 124 Å². The summed E-state index contributed by atoms with van der Waals surface area (Å²) >= 11 is 0. The third kappa shape index (κ3) is 6.92. The van der Waals surface area contributed by atoms with E-state index in [1.807, 2.05) is 12.1 Å². The van der Waals surface area contributed by atoms with E-state index in [0.29, 0.717) is 5.41 Å². The van der Waals surface area contributed by atoms with Gasteiger partial charge in [-0.1, -0.05) is 32.9 Å². The number of nitrogens with zero attached hydrogens (tertiary/aromatic N) is 1. The molecule has 1 rings (SSSR count). The highest BCUT2D eigenvalue weighted by Crippen LogP contribution is 2.21. The van der Waals surface area contributed by atoms with Gasteiger partial charge in [0.25, 0.3) is 0 Å². The second kappa shape index (κ2) is 7.65. The van der Waals surface area contributed by atoms with Gasteiger partial charge in [0.15, 0.2) is 0 Å². The summed E-state index contributed by atoms with van der Waals surface area (Å²) in [4.78, 5) is 2.32. The van der Waals surface area contributed by atoms with Crippen molar-refractivity contribution in [1.82, 2.24) is 4.90 Å². The van der Waals surface area contributed by atoms with E-state index in [1.54, 1.807) is 7.11 Å². The Morgan fingerprint density at radius 2 is 1.80 bits per heavy atom. The Morgan fingerprint density at radius 3 is 2.30 bits per heavy atom. The van der Waals surface area contributed by atoms with Crippen LogP contribution in [-0.4, -0.2) is 31.6 Å². The van der Waals surface area contributed by atoms with Crippen molar-refractivity contribution in [3.63, 3.8) is 0 Å². The number of hydrogen-bond donors (Lipinski definition) is 1. The Balaban J connectivity index is 2.34. The lowest BCUT2D eigenvalue weighted by molar-refractivity contribution is 0.278. The molecule has 1 atom stereocenters. The summed E-state index contributed by atoms with van der Waals surface area (Å²) in [5.74, 6) is 0.906. The first kappa shape index (κ1) is 17.0. The topological polar surface area (TPSA) is 38.5 Å². The van der Waals surface area contributed by atoms with Crippen LogP contribution in [0.3, 0.4) is 0 Å². The monoisotopic (exact) mass is 278 g/mol. The zero-order valence-corrected chi connectivity index (χ0v) is 13.6. The van der Waals surface area contributed by atoms with Gasteiger partial charge in [0, 0.05) is 12.6 Å². The first-order chi connectivity index (χ1) is 9.30. The smallest absolute Gasteiger partial charge is 0.118 e. The molecule has 0 radical (unpaired) electrons. The molecular formula is C17H30N2O. The molecule has 3 nitrogen and oxygen atoms in total. The van der Waals surface area contributed by atoms with Gasteiger partial charge in [0.05, 0.1) is 7.11 Å². The predicted octanol–water partition coefficient (Wildman–Crippen LogP) is 3.28. The predicted molar refractivity (Wildman–Crippen MR) is 86.0 cm³/mol. The lowest BCUT2D eigenvalue weighted by Crippen LogP contribution is -2.31. The number of methoxy groups -OCH3 is 1. The minimum absolute atomic E-state index is 0.285. The number of ether oxygens (including phenoxy) is 1. The third-order valence-corrected chi connectivity index (χ3v) is 3.37. The van der Waals surface area contributed by atoms with Crippen LogP contribution in [0, 0.1) is 5.41 Å². The molecule has 0 saturated heterocycles. The van der Waals surface area contributed by atoms with Crippen LogP contribution in [0.15, 0.2) is 24.3 Å². The van der Waals surface area contributed by atoms with Gasteiger partial charge in [0.2, 0.25) is 0 Å². The molecule has 1 aromatic carbocycles. The summed E-state index contributed by atoms with van der Waals surface area (Å²) in [5.41, 5.74) is 7.81. The van der Waals surface area contributed by atoms with Crippen LogP contribution in [0.25, 0.3) is 0 Å². The molecule has 1 aromatic rings. The summed E-state index contributed by atoms with van der Waals surface area (Å²) in [6.45, 7) is 8.71. The van der Waals surface area contributed by atoms with E-state index < -0.39 is 0 Å². The number of hydrogen-bond acceptors (Lipinski definition) is 3. The Hall–Kier alpha value is -1.06. The zero-order chi connectivity index (χ0) is 15.2. The maximum Gasteiger partial charge on any atom is 0.118 e. The summed E-state index contributed by atoms with van der Waals surface area (Å²) in [6.07, 6.45) is 2.12. The highest BCUT2D eigenvalue weighted by atomic mass is 16.5. The van der Waals surface area contributed by atoms with Crippen molar-refractivity contribution < 1.29 is 4.74 Å². The Morgan fingerprint density at radius 1 is 1.20 bits per heavy atom. The molecule has 0 bridgehead atoms. The van der Waals surface area contributed by atoms with Crippen LogP contribution in [0.2, 0.25) is 0 Å². The number of benzene rings is 1. The van der Waals surface area contributed by atoms with E-state index in [0.717, 1.165) is 31.7 Å². The van der Waals surface area contributed by atoms with E-state index in [9.17, 15) is 0 Å². The molecule has 0 aliphatic heterocycles. The van der Waals surface area contributed by atoms with Crippen molar-refractivity contribution >= 4 is 0 Å². The van der Waals surface area contributed by atoms with Gasteiger partial charge in [-0.05, 0) is 49.5 Å². The van der Waals surface area contributed by atoms with Crippen LogP contribution in [0.4, 0.5) is 0 Å². The first-order valence-electron chi connectivity index (χ1n) is 7.37. The van der Waals surface area contributed by atoms with Gasteiger partial charge >= 0.3 is 0 Å². The van der Waals surface area contributed by atoms with E-state index in [1.165, 1.54) is 5.56 Å². The van der Waals surface area contributed by atoms with Crippen molar-refractivity contribution in [2.75, 3.05) is 20.7 Å². The van der Waals surface area contributed by atoms with E-state index >= 15 is 0 Å². The van der Waals surface area contributed by atoms with Gasteiger partial charge in [-0.3, -0.25) is 0 Å². The van der Waals surface area contributed by atoms with E-state index in [-0.39, 0.29) is 6.04 Å². The zero-order valence-electron chi connectivity index (χ0n) is 13.6. The second-order valence-corrected chi connectivity index (χ2v) is 6.90. The highest BCUT2D eigenvalue weighted by Gasteiger charge is 2.15. The normalized spacial score (nSPS) is 13.6. The molecule has 1 unspecified atom stereocenters. The fourth-order valence-corrected chi connectivity index (χ4v) is 2.40. The van der Waals surface area contributed by atoms with Crippen molar-refractivity contribution in [1.29, 1.82) is 0 Å². The standard InChI is InChI=1S/C17H30N2O/c1-17(2,3)12-15(18)10-11-19(4)13-14-6-8-16(20-5)9-7-14/h6-9,15H,10-13,18H2,1-5H3. The summed E-state index contributed by atoms with van der Waals surface area (Å²) in [5, 5.41) is 0. The quantitative estimate of drug-likeness (QED) is 0.832. The van der Waals surface area contributed by atoms with Crippen molar-refractivity contribution in [3.8, 4) is 5.75 Å². The number of nitrogens with two attached hydrogens (primary N) is 1. The van der Waals surface area contributed by atoms with Gasteiger partial charge in [-0.25, -0.2) is 0 Å². The molecule has 0 heterocycles. The van der Waals surface area contributed by atoms with Crippen molar-refractivity contribution in [3.05, 3.63) is 29.8 Å². The van der Waals surface area contributed by atoms with E-state index in [2.05, 4.69) is 44.9 Å². The molecule has 0 saturated carbocycles. The molecule has 114 valence electrons. The largest absolute Gasteiger partial charge is 0.497 e. The van der Waals surface area contributed by atoms with Crippen LogP contribution < -0.4 is 10.5 Å². The van der Waals surface area contributed by atoms with E-state index in [4.69, 9.17) is 10.5 Å². The van der Waals surface area contributed by atoms with Gasteiger partial charge < -0.3 is 15.4 Å². The molecule has 0 aliphatic rings. The SMILES string of the molecule is COc1ccc(CN(C)CCC(N)CC(C)(C)C)cc1.